The summed E-state index contributed by atoms with van der Waals surface area (Å²) >= 11 is 0. The number of H-pyrrole nitrogens is 1. The fraction of sp³-hybridized carbons (Fsp3) is 0.370. The molecule has 1 N–H and O–H groups in total. The molecule has 1 fully saturated rings. The molecule has 0 radical (unpaired) electrons. The largest absolute Gasteiger partial charge is 0.496 e. The van der Waals surface area contributed by atoms with Crippen LogP contribution in [0.5, 0.6) is 11.5 Å². The van der Waals surface area contributed by atoms with Gasteiger partial charge in [0.25, 0.3) is 5.56 Å². The SMILES string of the molecule is COc1cccc2c1[C@@H]1CN(CCCCn3c(=O)[nH]c4cc5cccnc5cc4c3=O)C[C@H]1CO2. The first-order chi connectivity index (χ1) is 17.1. The van der Waals surface area contributed by atoms with Crippen LogP contribution in [0.4, 0.5) is 0 Å². The van der Waals surface area contributed by atoms with E-state index in [-0.39, 0.29) is 11.2 Å². The summed E-state index contributed by atoms with van der Waals surface area (Å²) in [5.41, 5.74) is 1.86. The molecule has 35 heavy (non-hydrogen) atoms. The van der Waals surface area contributed by atoms with Crippen molar-refractivity contribution in [2.45, 2.75) is 25.3 Å². The zero-order chi connectivity index (χ0) is 23.9. The van der Waals surface area contributed by atoms with Crippen molar-refractivity contribution >= 4 is 21.8 Å². The number of pyridine rings is 1. The van der Waals surface area contributed by atoms with Crippen LogP contribution in [0.25, 0.3) is 21.8 Å². The van der Waals surface area contributed by atoms with Gasteiger partial charge in [-0.15, -0.1) is 0 Å². The summed E-state index contributed by atoms with van der Waals surface area (Å²) in [6.07, 6.45) is 3.36. The fourth-order valence-electron chi connectivity index (χ4n) is 5.66. The van der Waals surface area contributed by atoms with Gasteiger partial charge in [0.1, 0.15) is 11.5 Å². The number of aromatic nitrogens is 3. The Kier molecular flexibility index (Phi) is 5.53. The van der Waals surface area contributed by atoms with Crippen LogP contribution >= 0.6 is 0 Å². The molecule has 8 nitrogen and oxygen atoms in total. The van der Waals surface area contributed by atoms with Gasteiger partial charge in [-0.3, -0.25) is 14.3 Å². The predicted octanol–water partition coefficient (Wildman–Crippen LogP) is 3.13. The van der Waals surface area contributed by atoms with Gasteiger partial charge in [0.15, 0.2) is 0 Å². The van der Waals surface area contributed by atoms with Crippen LogP contribution in [0.1, 0.15) is 24.3 Å². The normalized spacial score (nSPS) is 19.5. The highest BCUT2D eigenvalue weighted by Gasteiger charge is 2.40. The lowest BCUT2D eigenvalue weighted by molar-refractivity contribution is 0.209. The first-order valence-electron chi connectivity index (χ1n) is 12.2. The van der Waals surface area contributed by atoms with Crippen molar-refractivity contribution in [3.63, 3.8) is 0 Å². The molecule has 2 atom stereocenters. The number of fused-ring (bicyclic) bond motifs is 5. The number of methoxy groups -OCH3 is 1. The summed E-state index contributed by atoms with van der Waals surface area (Å²) in [6, 6.07) is 13.3. The minimum atomic E-state index is -0.362. The van der Waals surface area contributed by atoms with Crippen molar-refractivity contribution in [1.82, 2.24) is 19.4 Å². The number of benzene rings is 2. The zero-order valence-electron chi connectivity index (χ0n) is 19.7. The molecule has 4 aromatic rings. The van der Waals surface area contributed by atoms with Gasteiger partial charge < -0.3 is 19.4 Å². The number of hydrogen-bond acceptors (Lipinski definition) is 6. The molecular formula is C27H28N4O4. The van der Waals surface area contributed by atoms with Gasteiger partial charge >= 0.3 is 5.69 Å². The van der Waals surface area contributed by atoms with Gasteiger partial charge in [-0.25, -0.2) is 4.79 Å². The van der Waals surface area contributed by atoms with E-state index < -0.39 is 0 Å². The minimum Gasteiger partial charge on any atom is -0.496 e. The predicted molar refractivity (Wildman–Crippen MR) is 135 cm³/mol. The van der Waals surface area contributed by atoms with E-state index in [4.69, 9.17) is 9.47 Å². The van der Waals surface area contributed by atoms with Gasteiger partial charge in [-0.1, -0.05) is 12.1 Å². The highest BCUT2D eigenvalue weighted by atomic mass is 16.5. The van der Waals surface area contributed by atoms with E-state index in [2.05, 4.69) is 14.9 Å². The van der Waals surface area contributed by atoms with E-state index in [0.29, 0.717) is 29.3 Å². The van der Waals surface area contributed by atoms with Gasteiger partial charge in [-0.2, -0.15) is 0 Å². The third-order valence-electron chi connectivity index (χ3n) is 7.40. The van der Waals surface area contributed by atoms with Gasteiger partial charge in [-0.05, 0) is 49.7 Å². The topological polar surface area (TPSA) is 89.5 Å². The second-order valence-corrected chi connectivity index (χ2v) is 9.50. The maximum Gasteiger partial charge on any atom is 0.328 e. The molecule has 0 bridgehead atoms. The quantitative estimate of drug-likeness (QED) is 0.343. The summed E-state index contributed by atoms with van der Waals surface area (Å²) in [5.74, 6) is 2.69. The highest BCUT2D eigenvalue weighted by Crippen LogP contribution is 2.46. The molecule has 0 aliphatic carbocycles. The van der Waals surface area contributed by atoms with Crippen molar-refractivity contribution in [1.29, 1.82) is 0 Å². The van der Waals surface area contributed by atoms with E-state index in [1.807, 2.05) is 36.4 Å². The van der Waals surface area contributed by atoms with E-state index >= 15 is 0 Å². The van der Waals surface area contributed by atoms with Crippen molar-refractivity contribution in [3.8, 4) is 11.5 Å². The Morgan fingerprint density at radius 2 is 2.00 bits per heavy atom. The van der Waals surface area contributed by atoms with Crippen molar-refractivity contribution in [3.05, 3.63) is 75.1 Å². The average molecular weight is 473 g/mol. The average Bonchev–Trinajstić information content (AvgIpc) is 3.30. The van der Waals surface area contributed by atoms with Crippen LogP contribution in [0, 0.1) is 5.92 Å². The van der Waals surface area contributed by atoms with Crippen LogP contribution in [0.15, 0.2) is 58.3 Å². The second-order valence-electron chi connectivity index (χ2n) is 9.50. The lowest BCUT2D eigenvalue weighted by atomic mass is 9.86. The van der Waals surface area contributed by atoms with Crippen molar-refractivity contribution < 1.29 is 9.47 Å². The maximum atomic E-state index is 13.1. The van der Waals surface area contributed by atoms with E-state index in [1.165, 1.54) is 10.1 Å². The summed E-state index contributed by atoms with van der Waals surface area (Å²) < 4.78 is 12.9. The van der Waals surface area contributed by atoms with Crippen molar-refractivity contribution in [2.24, 2.45) is 5.92 Å². The molecule has 0 unspecified atom stereocenters. The zero-order valence-corrected chi connectivity index (χ0v) is 19.7. The molecule has 1 saturated heterocycles. The standard InChI is InChI=1S/C27H28N4O4/c1-34-23-7-4-8-24-25(23)20-15-30(14-18(20)16-35-24)10-2-3-11-31-26(32)19-13-21-17(6-5-9-28-21)12-22(19)29-27(31)33/h4-9,12-13,18,20H,2-3,10-11,14-16H2,1H3,(H,29,33)/t18-,20+/m0/s1. The van der Waals surface area contributed by atoms with Gasteiger partial charge in [0, 0.05) is 48.6 Å². The molecule has 0 saturated carbocycles. The van der Waals surface area contributed by atoms with E-state index in [0.717, 1.165) is 61.5 Å². The van der Waals surface area contributed by atoms with Crippen LogP contribution < -0.4 is 20.7 Å². The molecule has 6 rings (SSSR count). The number of rotatable bonds is 6. The third kappa shape index (κ3) is 3.87. The lowest BCUT2D eigenvalue weighted by Gasteiger charge is -2.29. The molecule has 2 aliphatic heterocycles. The molecule has 0 spiro atoms. The van der Waals surface area contributed by atoms with Crippen LogP contribution in [-0.4, -0.2) is 52.8 Å². The maximum absolute atomic E-state index is 13.1. The number of aromatic amines is 1. The summed E-state index contributed by atoms with van der Waals surface area (Å²) in [6.45, 7) is 4.00. The molecule has 8 heteroatoms. The molecule has 180 valence electrons. The molecule has 4 heterocycles. The van der Waals surface area contributed by atoms with Crippen LogP contribution in [-0.2, 0) is 6.54 Å². The van der Waals surface area contributed by atoms with Gasteiger partial charge in [0.05, 0.1) is 30.1 Å². The Bertz CT molecular complexity index is 1510. The number of nitrogens with zero attached hydrogens (tertiary/aromatic N) is 3. The molecular weight excluding hydrogens is 444 g/mol. The fourth-order valence-corrected chi connectivity index (χ4v) is 5.66. The van der Waals surface area contributed by atoms with E-state index in [9.17, 15) is 9.59 Å². The smallest absolute Gasteiger partial charge is 0.328 e. The molecule has 2 aromatic heterocycles. The number of nitrogens with one attached hydrogen (secondary N) is 1. The monoisotopic (exact) mass is 472 g/mol. The first-order valence-corrected chi connectivity index (χ1v) is 12.2. The number of hydrogen-bond donors (Lipinski definition) is 1. The molecule has 0 amide bonds. The second kappa shape index (κ2) is 8.85. The Balaban J connectivity index is 1.13. The first kappa shape index (κ1) is 21.9. The number of unbranched alkanes of at least 4 members (excludes halogenated alkanes) is 1. The van der Waals surface area contributed by atoms with Gasteiger partial charge in [0.2, 0.25) is 0 Å². The lowest BCUT2D eigenvalue weighted by Crippen LogP contribution is -2.35. The van der Waals surface area contributed by atoms with Crippen LogP contribution in [0.2, 0.25) is 0 Å². The number of ether oxygens (including phenoxy) is 2. The minimum absolute atomic E-state index is 0.260. The number of likely N-dealkylation sites (tertiary alicyclic amines) is 1. The van der Waals surface area contributed by atoms with Crippen LogP contribution in [0.3, 0.4) is 0 Å². The summed E-state index contributed by atoms with van der Waals surface area (Å²) in [4.78, 5) is 35.4. The van der Waals surface area contributed by atoms with E-state index in [1.54, 1.807) is 19.4 Å². The molecule has 2 aliphatic rings. The summed E-state index contributed by atoms with van der Waals surface area (Å²) in [5, 5.41) is 1.39. The van der Waals surface area contributed by atoms with Crippen molar-refractivity contribution in [2.75, 3.05) is 33.4 Å². The summed E-state index contributed by atoms with van der Waals surface area (Å²) in [7, 11) is 1.71. The highest BCUT2D eigenvalue weighted by molar-refractivity contribution is 5.93. The molecule has 2 aromatic carbocycles. The Labute approximate surface area is 202 Å². The Morgan fingerprint density at radius 1 is 1.11 bits per heavy atom. The third-order valence-corrected chi connectivity index (χ3v) is 7.40. The Hall–Kier alpha value is -3.65. The Morgan fingerprint density at radius 3 is 2.89 bits per heavy atom.